The van der Waals surface area contributed by atoms with Gasteiger partial charge in [0.1, 0.15) is 0 Å². The standard InChI is InChI=1S/C20H23N3O2.ClH/c21-11-13-23(12-10-15-6-2-1-3-7-15)20(25)17-14-19(24)22-18-9-5-4-8-16(17)18;/h1-9,17H,10-14,21H2,(H,22,24);1H. The summed E-state index contributed by atoms with van der Waals surface area (Å²) in [6.07, 6.45) is 0.954. The Morgan fingerprint density at radius 3 is 2.50 bits per heavy atom. The van der Waals surface area contributed by atoms with Gasteiger partial charge in [-0.05, 0) is 23.6 Å². The molecule has 2 amide bonds. The maximum absolute atomic E-state index is 13.1. The van der Waals surface area contributed by atoms with E-state index in [1.54, 1.807) is 4.90 Å². The summed E-state index contributed by atoms with van der Waals surface area (Å²) in [6.45, 7) is 1.49. The number of hydrogen-bond donors (Lipinski definition) is 2. The van der Waals surface area contributed by atoms with E-state index in [0.29, 0.717) is 19.6 Å². The third kappa shape index (κ3) is 4.62. The molecule has 0 saturated heterocycles. The van der Waals surface area contributed by atoms with Gasteiger partial charge in [0.15, 0.2) is 0 Å². The van der Waals surface area contributed by atoms with Crippen molar-refractivity contribution in [3.05, 3.63) is 65.7 Å². The van der Waals surface area contributed by atoms with E-state index < -0.39 is 5.92 Å². The summed E-state index contributed by atoms with van der Waals surface area (Å²) in [6, 6.07) is 17.6. The molecule has 0 bridgehead atoms. The minimum atomic E-state index is -0.438. The topological polar surface area (TPSA) is 75.4 Å². The van der Waals surface area contributed by atoms with E-state index >= 15 is 0 Å². The summed E-state index contributed by atoms with van der Waals surface area (Å²) in [5.41, 5.74) is 8.51. The van der Waals surface area contributed by atoms with Crippen molar-refractivity contribution in [3.63, 3.8) is 0 Å². The Bertz CT molecular complexity index is 752. The summed E-state index contributed by atoms with van der Waals surface area (Å²) < 4.78 is 0. The molecule has 2 aromatic carbocycles. The zero-order valence-corrected chi connectivity index (χ0v) is 15.4. The first-order valence-electron chi connectivity index (χ1n) is 8.60. The Morgan fingerprint density at radius 2 is 1.77 bits per heavy atom. The number of amides is 2. The first-order chi connectivity index (χ1) is 12.2. The highest BCUT2D eigenvalue weighted by atomic mass is 35.5. The lowest BCUT2D eigenvalue weighted by molar-refractivity contribution is -0.134. The molecule has 1 atom stereocenters. The molecule has 6 heteroatoms. The number of carbonyl (C=O) groups excluding carboxylic acids is 2. The van der Waals surface area contributed by atoms with Crippen LogP contribution in [0.2, 0.25) is 0 Å². The van der Waals surface area contributed by atoms with Crippen LogP contribution in [0.4, 0.5) is 5.69 Å². The molecule has 0 aromatic heterocycles. The molecule has 0 fully saturated rings. The molecular formula is C20H24ClN3O2. The van der Waals surface area contributed by atoms with Crippen LogP contribution in [0.25, 0.3) is 0 Å². The van der Waals surface area contributed by atoms with Crippen molar-refractivity contribution in [1.82, 2.24) is 4.90 Å². The number of nitrogens with zero attached hydrogens (tertiary/aromatic N) is 1. The molecule has 1 unspecified atom stereocenters. The molecule has 5 nitrogen and oxygen atoms in total. The quantitative estimate of drug-likeness (QED) is 0.817. The van der Waals surface area contributed by atoms with E-state index in [0.717, 1.165) is 17.7 Å². The highest BCUT2D eigenvalue weighted by Crippen LogP contribution is 2.33. The number of benzene rings is 2. The van der Waals surface area contributed by atoms with E-state index in [-0.39, 0.29) is 30.6 Å². The van der Waals surface area contributed by atoms with Gasteiger partial charge in [0.05, 0.1) is 5.92 Å². The normalized spacial score (nSPS) is 15.4. The predicted octanol–water partition coefficient (Wildman–Crippen LogP) is 2.56. The molecule has 3 N–H and O–H groups in total. The molecule has 0 radical (unpaired) electrons. The van der Waals surface area contributed by atoms with E-state index in [1.165, 1.54) is 5.56 Å². The second-order valence-electron chi connectivity index (χ2n) is 6.24. The second-order valence-corrected chi connectivity index (χ2v) is 6.24. The Morgan fingerprint density at radius 1 is 1.08 bits per heavy atom. The van der Waals surface area contributed by atoms with Crippen LogP contribution in [0, 0.1) is 0 Å². The zero-order valence-electron chi connectivity index (χ0n) is 14.6. The Kier molecular flexibility index (Phi) is 7.18. The number of hydrogen-bond acceptors (Lipinski definition) is 3. The van der Waals surface area contributed by atoms with Crippen molar-refractivity contribution in [2.45, 2.75) is 18.8 Å². The number of fused-ring (bicyclic) bond motifs is 1. The maximum Gasteiger partial charge on any atom is 0.230 e. The van der Waals surface area contributed by atoms with Crippen LogP contribution < -0.4 is 11.1 Å². The molecule has 0 spiro atoms. The lowest BCUT2D eigenvalue weighted by Gasteiger charge is -2.30. The second kappa shape index (κ2) is 9.36. The zero-order chi connectivity index (χ0) is 17.6. The summed E-state index contributed by atoms with van der Waals surface area (Å²) in [4.78, 5) is 26.9. The molecule has 0 aliphatic carbocycles. The highest BCUT2D eigenvalue weighted by molar-refractivity contribution is 6.01. The van der Waals surface area contributed by atoms with Gasteiger partial charge in [-0.2, -0.15) is 0 Å². The van der Waals surface area contributed by atoms with Gasteiger partial charge in [-0.25, -0.2) is 0 Å². The van der Waals surface area contributed by atoms with E-state index in [2.05, 4.69) is 17.4 Å². The van der Waals surface area contributed by atoms with Gasteiger partial charge >= 0.3 is 0 Å². The Labute approximate surface area is 160 Å². The lowest BCUT2D eigenvalue weighted by atomic mass is 9.89. The SMILES string of the molecule is Cl.NCCN(CCc1ccccc1)C(=O)C1CC(=O)Nc2ccccc21. The fraction of sp³-hybridized carbons (Fsp3) is 0.300. The molecule has 1 heterocycles. The fourth-order valence-corrected chi connectivity index (χ4v) is 3.25. The molecule has 1 aliphatic heterocycles. The number of para-hydroxylation sites is 1. The minimum absolute atomic E-state index is 0. The van der Waals surface area contributed by atoms with Crippen molar-refractivity contribution < 1.29 is 9.59 Å². The lowest BCUT2D eigenvalue weighted by Crippen LogP contribution is -2.42. The smallest absolute Gasteiger partial charge is 0.230 e. The number of rotatable bonds is 6. The Balaban J connectivity index is 0.00000243. The van der Waals surface area contributed by atoms with Crippen LogP contribution in [0.5, 0.6) is 0 Å². The fourth-order valence-electron chi connectivity index (χ4n) is 3.25. The van der Waals surface area contributed by atoms with Crippen LogP contribution >= 0.6 is 12.4 Å². The van der Waals surface area contributed by atoms with Gasteiger partial charge in [-0.1, -0.05) is 48.5 Å². The van der Waals surface area contributed by atoms with E-state index in [9.17, 15) is 9.59 Å². The number of nitrogens with two attached hydrogens (primary N) is 1. The predicted molar refractivity (Wildman–Crippen MR) is 105 cm³/mol. The van der Waals surface area contributed by atoms with E-state index in [1.807, 2.05) is 42.5 Å². The average molecular weight is 374 g/mol. The van der Waals surface area contributed by atoms with Gasteiger partial charge in [0, 0.05) is 31.7 Å². The number of carbonyl (C=O) groups is 2. The molecule has 2 aromatic rings. The number of nitrogens with one attached hydrogen (secondary N) is 1. The summed E-state index contributed by atoms with van der Waals surface area (Å²) in [5, 5.41) is 2.84. The molecular weight excluding hydrogens is 350 g/mol. The van der Waals surface area contributed by atoms with Crippen LogP contribution in [-0.4, -0.2) is 36.3 Å². The molecule has 1 aliphatic rings. The van der Waals surface area contributed by atoms with Crippen molar-refractivity contribution in [1.29, 1.82) is 0 Å². The van der Waals surface area contributed by atoms with Crippen LogP contribution in [-0.2, 0) is 16.0 Å². The molecule has 138 valence electrons. The first-order valence-corrected chi connectivity index (χ1v) is 8.60. The first kappa shape index (κ1) is 19.9. The van der Waals surface area contributed by atoms with Gasteiger partial charge in [0.2, 0.25) is 11.8 Å². The van der Waals surface area contributed by atoms with E-state index in [4.69, 9.17) is 5.73 Å². The van der Waals surface area contributed by atoms with Gasteiger partial charge < -0.3 is 16.0 Å². The molecule has 3 rings (SSSR count). The van der Waals surface area contributed by atoms with Crippen LogP contribution in [0.3, 0.4) is 0 Å². The monoisotopic (exact) mass is 373 g/mol. The minimum Gasteiger partial charge on any atom is -0.341 e. The van der Waals surface area contributed by atoms with Crippen LogP contribution in [0.15, 0.2) is 54.6 Å². The van der Waals surface area contributed by atoms with Crippen molar-refractivity contribution in [3.8, 4) is 0 Å². The largest absolute Gasteiger partial charge is 0.341 e. The van der Waals surface area contributed by atoms with Crippen molar-refractivity contribution in [2.75, 3.05) is 25.0 Å². The van der Waals surface area contributed by atoms with Crippen LogP contribution in [0.1, 0.15) is 23.5 Å². The highest BCUT2D eigenvalue weighted by Gasteiger charge is 2.32. The summed E-state index contributed by atoms with van der Waals surface area (Å²) in [5.74, 6) is -0.580. The third-order valence-corrected chi connectivity index (χ3v) is 4.52. The van der Waals surface area contributed by atoms with Crippen molar-refractivity contribution >= 4 is 29.9 Å². The third-order valence-electron chi connectivity index (χ3n) is 4.52. The Hall–Kier alpha value is -2.37. The number of anilines is 1. The number of halogens is 1. The van der Waals surface area contributed by atoms with Gasteiger partial charge in [-0.15, -0.1) is 12.4 Å². The van der Waals surface area contributed by atoms with Gasteiger partial charge in [-0.3, -0.25) is 9.59 Å². The van der Waals surface area contributed by atoms with Crippen molar-refractivity contribution in [2.24, 2.45) is 5.73 Å². The maximum atomic E-state index is 13.1. The summed E-state index contributed by atoms with van der Waals surface area (Å²) >= 11 is 0. The summed E-state index contributed by atoms with van der Waals surface area (Å²) in [7, 11) is 0. The molecule has 0 saturated carbocycles. The average Bonchev–Trinajstić information content (AvgIpc) is 2.64. The van der Waals surface area contributed by atoms with Gasteiger partial charge in [0.25, 0.3) is 0 Å². The molecule has 26 heavy (non-hydrogen) atoms.